The zero-order chi connectivity index (χ0) is 17.6. The molecule has 0 atom stereocenters. The van der Waals surface area contributed by atoms with Gasteiger partial charge < -0.3 is 19.7 Å². The molecule has 2 rings (SSSR count). The summed E-state index contributed by atoms with van der Waals surface area (Å²) in [6.45, 7) is 0.284. The van der Waals surface area contributed by atoms with E-state index in [9.17, 15) is 22.4 Å². The molecular formula is C15H18F4N2O3. The summed E-state index contributed by atoms with van der Waals surface area (Å²) in [6, 6.07) is 6.08. The highest BCUT2D eigenvalue weighted by Crippen LogP contribution is 2.23. The largest absolute Gasteiger partial charge is 0.378 e. The lowest BCUT2D eigenvalue weighted by Crippen LogP contribution is -2.43. The molecule has 0 bridgehead atoms. The van der Waals surface area contributed by atoms with Gasteiger partial charge in [-0.3, -0.25) is 0 Å². The number of hydrogen-bond donors (Lipinski definition) is 1. The number of ether oxygens (including phenoxy) is 2. The number of halogens is 4. The minimum absolute atomic E-state index is 0.260. The second kappa shape index (κ2) is 8.29. The molecule has 1 fully saturated rings. The molecular weight excluding hydrogens is 332 g/mol. The summed E-state index contributed by atoms with van der Waals surface area (Å²) in [7, 11) is 0. The smallest absolute Gasteiger partial charge is 0.330 e. The van der Waals surface area contributed by atoms with E-state index in [2.05, 4.69) is 10.1 Å². The SMILES string of the molecule is O=C(Nc1cccc(COCC(F)(F)C(F)F)c1)N1CCOCC1. The number of morpholine rings is 1. The van der Waals surface area contributed by atoms with Crippen LogP contribution >= 0.6 is 0 Å². The van der Waals surface area contributed by atoms with Gasteiger partial charge in [-0.15, -0.1) is 0 Å². The summed E-state index contributed by atoms with van der Waals surface area (Å²) in [4.78, 5) is 13.6. The summed E-state index contributed by atoms with van der Waals surface area (Å²) in [5.74, 6) is -4.18. The highest BCUT2D eigenvalue weighted by Gasteiger charge is 2.40. The maximum atomic E-state index is 12.8. The number of anilines is 1. The normalized spacial score (nSPS) is 15.6. The van der Waals surface area contributed by atoms with Gasteiger partial charge in [0.2, 0.25) is 0 Å². The average Bonchev–Trinajstić information content (AvgIpc) is 2.55. The van der Waals surface area contributed by atoms with Crippen LogP contribution < -0.4 is 5.32 Å². The lowest BCUT2D eigenvalue weighted by Gasteiger charge is -2.27. The standard InChI is InChI=1S/C15H18F4N2O3/c16-13(17)15(18,19)10-24-9-11-2-1-3-12(8-11)20-14(22)21-4-6-23-7-5-21/h1-3,8,13H,4-7,9-10H2,(H,20,22). The monoisotopic (exact) mass is 350 g/mol. The Morgan fingerprint density at radius 1 is 1.33 bits per heavy atom. The molecule has 1 N–H and O–H groups in total. The molecule has 0 spiro atoms. The molecule has 134 valence electrons. The predicted octanol–water partition coefficient (Wildman–Crippen LogP) is 2.97. The summed E-state index contributed by atoms with van der Waals surface area (Å²) in [5, 5.41) is 2.68. The zero-order valence-electron chi connectivity index (χ0n) is 12.8. The number of hydrogen-bond acceptors (Lipinski definition) is 3. The lowest BCUT2D eigenvalue weighted by atomic mass is 10.2. The number of carbonyl (C=O) groups is 1. The molecule has 0 saturated carbocycles. The zero-order valence-corrected chi connectivity index (χ0v) is 12.8. The third kappa shape index (κ3) is 5.34. The summed E-state index contributed by atoms with van der Waals surface area (Å²) >= 11 is 0. The molecule has 24 heavy (non-hydrogen) atoms. The van der Waals surface area contributed by atoms with E-state index in [1.807, 2.05) is 0 Å². The summed E-state index contributed by atoms with van der Waals surface area (Å²) < 4.78 is 59.4. The van der Waals surface area contributed by atoms with Crippen LogP contribution in [0.3, 0.4) is 0 Å². The molecule has 0 aliphatic carbocycles. The van der Waals surface area contributed by atoms with E-state index in [0.717, 1.165) is 0 Å². The molecule has 1 aliphatic rings. The van der Waals surface area contributed by atoms with Gasteiger partial charge in [0.25, 0.3) is 0 Å². The van der Waals surface area contributed by atoms with Crippen LogP contribution in [0.5, 0.6) is 0 Å². The molecule has 1 aromatic carbocycles. The second-order valence-corrected chi connectivity index (χ2v) is 5.28. The Bertz CT molecular complexity index is 551. The van der Waals surface area contributed by atoms with E-state index >= 15 is 0 Å². The van der Waals surface area contributed by atoms with Gasteiger partial charge >= 0.3 is 18.4 Å². The van der Waals surface area contributed by atoms with E-state index in [-0.39, 0.29) is 12.6 Å². The number of benzene rings is 1. The first-order valence-corrected chi connectivity index (χ1v) is 7.35. The number of urea groups is 1. The van der Waals surface area contributed by atoms with Crippen LogP contribution in [-0.2, 0) is 16.1 Å². The van der Waals surface area contributed by atoms with Crippen molar-refractivity contribution < 1.29 is 31.8 Å². The Hall–Kier alpha value is -1.87. The topological polar surface area (TPSA) is 50.8 Å². The Morgan fingerprint density at radius 3 is 2.71 bits per heavy atom. The van der Waals surface area contributed by atoms with E-state index in [4.69, 9.17) is 4.74 Å². The number of nitrogens with zero attached hydrogens (tertiary/aromatic N) is 1. The van der Waals surface area contributed by atoms with Gasteiger partial charge in [0.15, 0.2) is 0 Å². The quantitative estimate of drug-likeness (QED) is 0.803. The van der Waals surface area contributed by atoms with Crippen LogP contribution in [0.15, 0.2) is 24.3 Å². The number of nitrogens with one attached hydrogen (secondary N) is 1. The van der Waals surface area contributed by atoms with Crippen LogP contribution in [-0.4, -0.2) is 56.2 Å². The number of rotatable bonds is 6. The Labute approximate surface area is 136 Å². The van der Waals surface area contributed by atoms with Crippen molar-refractivity contribution in [2.45, 2.75) is 19.0 Å². The molecule has 0 aromatic heterocycles. The Morgan fingerprint density at radius 2 is 2.04 bits per heavy atom. The third-order valence-corrected chi connectivity index (χ3v) is 3.36. The van der Waals surface area contributed by atoms with Crippen molar-refractivity contribution in [2.24, 2.45) is 0 Å². The van der Waals surface area contributed by atoms with Crippen LogP contribution in [0.1, 0.15) is 5.56 Å². The molecule has 1 heterocycles. The van der Waals surface area contributed by atoms with Crippen molar-refractivity contribution in [1.82, 2.24) is 4.90 Å². The van der Waals surface area contributed by atoms with Gasteiger partial charge in [0, 0.05) is 18.8 Å². The highest BCUT2D eigenvalue weighted by atomic mass is 19.3. The van der Waals surface area contributed by atoms with Crippen LogP contribution in [0.2, 0.25) is 0 Å². The van der Waals surface area contributed by atoms with Crippen molar-refractivity contribution in [1.29, 1.82) is 0 Å². The molecule has 1 aromatic rings. The number of amides is 2. The maximum Gasteiger partial charge on any atom is 0.330 e. The van der Waals surface area contributed by atoms with Gasteiger partial charge in [-0.1, -0.05) is 12.1 Å². The molecule has 0 radical (unpaired) electrons. The van der Waals surface area contributed by atoms with Crippen LogP contribution in [0.4, 0.5) is 28.0 Å². The maximum absolute atomic E-state index is 12.8. The van der Waals surface area contributed by atoms with Crippen molar-refractivity contribution in [2.75, 3.05) is 38.2 Å². The summed E-state index contributed by atoms with van der Waals surface area (Å²) in [5.41, 5.74) is 0.952. The van der Waals surface area contributed by atoms with Crippen molar-refractivity contribution in [3.05, 3.63) is 29.8 Å². The molecule has 9 heteroatoms. The Kier molecular flexibility index (Phi) is 6.38. The second-order valence-electron chi connectivity index (χ2n) is 5.28. The number of alkyl halides is 4. The van der Waals surface area contributed by atoms with Crippen molar-refractivity contribution in [3.63, 3.8) is 0 Å². The minimum Gasteiger partial charge on any atom is -0.378 e. The lowest BCUT2D eigenvalue weighted by molar-refractivity contribution is -0.168. The minimum atomic E-state index is -4.18. The van der Waals surface area contributed by atoms with E-state index in [0.29, 0.717) is 37.6 Å². The van der Waals surface area contributed by atoms with Crippen LogP contribution in [0, 0.1) is 0 Å². The first-order valence-electron chi connectivity index (χ1n) is 7.35. The fourth-order valence-electron chi connectivity index (χ4n) is 2.08. The molecule has 1 aliphatic heterocycles. The predicted molar refractivity (Wildman–Crippen MR) is 78.5 cm³/mol. The van der Waals surface area contributed by atoms with E-state index < -0.39 is 19.0 Å². The Balaban J connectivity index is 1.85. The first kappa shape index (κ1) is 18.5. The van der Waals surface area contributed by atoms with Gasteiger partial charge in [-0.25, -0.2) is 13.6 Å². The highest BCUT2D eigenvalue weighted by molar-refractivity contribution is 5.89. The van der Waals surface area contributed by atoms with Crippen molar-refractivity contribution >= 4 is 11.7 Å². The van der Waals surface area contributed by atoms with Gasteiger partial charge in [0.1, 0.15) is 6.61 Å². The van der Waals surface area contributed by atoms with Crippen LogP contribution in [0.25, 0.3) is 0 Å². The molecule has 5 nitrogen and oxygen atoms in total. The molecule has 2 amide bonds. The van der Waals surface area contributed by atoms with Gasteiger partial charge in [0.05, 0.1) is 19.8 Å². The molecule has 1 saturated heterocycles. The van der Waals surface area contributed by atoms with Crippen molar-refractivity contribution in [3.8, 4) is 0 Å². The van der Waals surface area contributed by atoms with Gasteiger partial charge in [-0.2, -0.15) is 8.78 Å². The summed E-state index contributed by atoms with van der Waals surface area (Å²) in [6.07, 6.45) is -3.77. The average molecular weight is 350 g/mol. The fourth-order valence-corrected chi connectivity index (χ4v) is 2.08. The molecule has 0 unspecified atom stereocenters. The van der Waals surface area contributed by atoms with E-state index in [1.165, 1.54) is 0 Å². The third-order valence-electron chi connectivity index (χ3n) is 3.36. The van der Waals surface area contributed by atoms with E-state index in [1.54, 1.807) is 29.2 Å². The first-order chi connectivity index (χ1) is 11.4. The van der Waals surface area contributed by atoms with Gasteiger partial charge in [-0.05, 0) is 17.7 Å². The number of carbonyl (C=O) groups excluding carboxylic acids is 1. The fraction of sp³-hybridized carbons (Fsp3) is 0.533.